The van der Waals surface area contributed by atoms with Crippen LogP contribution in [0.3, 0.4) is 0 Å². The molecule has 2 aromatic heterocycles. The zero-order chi connectivity index (χ0) is 20.9. The molecule has 1 aromatic carbocycles. The Morgan fingerprint density at radius 3 is 2.66 bits per heavy atom. The third kappa shape index (κ3) is 3.43. The third-order valence-electron chi connectivity index (χ3n) is 5.20. The minimum atomic E-state index is -3.46. The van der Waals surface area contributed by atoms with Crippen molar-refractivity contribution in [2.24, 2.45) is 0 Å². The second-order valence-corrected chi connectivity index (χ2v) is 9.20. The molecule has 0 spiro atoms. The van der Waals surface area contributed by atoms with Gasteiger partial charge in [-0.1, -0.05) is 12.1 Å². The standard InChI is InChI=1S/C19H21N3O6S/c1-10-13-6-7-22(18(13)21-9-20-10)19-16(25)15(24)17(28-19)14(23)11-4-3-5-12(8-11)29(2,26)27/h3-9,14-17,19,23-25H,1-2H3/t14?,15-,16+,17+,19+/m0/s1. The van der Waals surface area contributed by atoms with E-state index in [1.54, 1.807) is 16.8 Å². The summed E-state index contributed by atoms with van der Waals surface area (Å²) in [5.41, 5.74) is 1.55. The van der Waals surface area contributed by atoms with Crippen LogP contribution in [0.5, 0.6) is 0 Å². The highest BCUT2D eigenvalue weighted by Gasteiger charge is 2.47. The summed E-state index contributed by atoms with van der Waals surface area (Å²) in [6.07, 6.45) is -2.05. The number of aliphatic hydroxyl groups excluding tert-OH is 3. The van der Waals surface area contributed by atoms with E-state index in [1.165, 1.54) is 30.6 Å². The van der Waals surface area contributed by atoms with E-state index in [9.17, 15) is 23.7 Å². The molecular weight excluding hydrogens is 398 g/mol. The number of nitrogens with zero attached hydrogens (tertiary/aromatic N) is 3. The van der Waals surface area contributed by atoms with Gasteiger partial charge in [0.25, 0.3) is 0 Å². The van der Waals surface area contributed by atoms with Crippen LogP contribution < -0.4 is 0 Å². The van der Waals surface area contributed by atoms with Crippen LogP contribution in [0.1, 0.15) is 23.6 Å². The van der Waals surface area contributed by atoms with Crippen LogP contribution in [0.25, 0.3) is 11.0 Å². The highest BCUT2D eigenvalue weighted by atomic mass is 32.2. The molecule has 1 aliphatic rings. The molecule has 4 rings (SSSR count). The van der Waals surface area contributed by atoms with Crippen molar-refractivity contribution < 1.29 is 28.5 Å². The zero-order valence-electron chi connectivity index (χ0n) is 15.7. The van der Waals surface area contributed by atoms with Crippen LogP contribution in [-0.2, 0) is 14.6 Å². The summed E-state index contributed by atoms with van der Waals surface area (Å²) in [4.78, 5) is 8.39. The monoisotopic (exact) mass is 419 g/mol. The first-order valence-electron chi connectivity index (χ1n) is 8.96. The molecule has 3 heterocycles. The number of benzene rings is 1. The lowest BCUT2D eigenvalue weighted by Crippen LogP contribution is -2.34. The molecule has 154 valence electrons. The molecule has 1 fully saturated rings. The molecule has 0 saturated carbocycles. The highest BCUT2D eigenvalue weighted by Crippen LogP contribution is 2.37. The SMILES string of the molecule is Cc1ncnc2c1ccn2[C@@H]1O[C@H](C(O)c2cccc(S(C)(=O)=O)c2)[C@@H](O)[C@H]1O. The predicted octanol–water partition coefficient (Wildman–Crippen LogP) is 0.496. The number of hydrogen-bond acceptors (Lipinski definition) is 8. The molecule has 0 radical (unpaired) electrons. The largest absolute Gasteiger partial charge is 0.387 e. The second kappa shape index (κ2) is 7.15. The van der Waals surface area contributed by atoms with Gasteiger partial charge in [0.2, 0.25) is 0 Å². The molecule has 3 N–H and O–H groups in total. The molecule has 1 unspecified atom stereocenters. The quantitative estimate of drug-likeness (QED) is 0.556. The molecule has 3 aromatic rings. The van der Waals surface area contributed by atoms with E-state index >= 15 is 0 Å². The highest BCUT2D eigenvalue weighted by molar-refractivity contribution is 7.90. The fourth-order valence-corrected chi connectivity index (χ4v) is 4.27. The lowest BCUT2D eigenvalue weighted by molar-refractivity contribution is -0.0848. The Hall–Kier alpha value is -2.37. The average Bonchev–Trinajstić information content (AvgIpc) is 3.23. The van der Waals surface area contributed by atoms with E-state index in [2.05, 4.69) is 9.97 Å². The minimum Gasteiger partial charge on any atom is -0.387 e. The van der Waals surface area contributed by atoms with Crippen molar-refractivity contribution in [2.75, 3.05) is 6.26 Å². The van der Waals surface area contributed by atoms with Gasteiger partial charge < -0.3 is 24.6 Å². The summed E-state index contributed by atoms with van der Waals surface area (Å²) < 4.78 is 31.0. The maximum absolute atomic E-state index is 11.8. The number of aryl methyl sites for hydroxylation is 1. The van der Waals surface area contributed by atoms with Crippen molar-refractivity contribution in [3.8, 4) is 0 Å². The van der Waals surface area contributed by atoms with Gasteiger partial charge in [0.1, 0.15) is 36.4 Å². The Bertz CT molecular complexity index is 1160. The Balaban J connectivity index is 1.66. The molecule has 5 atom stereocenters. The van der Waals surface area contributed by atoms with Gasteiger partial charge >= 0.3 is 0 Å². The fourth-order valence-electron chi connectivity index (χ4n) is 3.60. The topological polar surface area (TPSA) is 135 Å². The van der Waals surface area contributed by atoms with Gasteiger partial charge in [0.05, 0.1) is 10.6 Å². The molecule has 0 amide bonds. The van der Waals surface area contributed by atoms with E-state index in [4.69, 9.17) is 4.74 Å². The summed E-state index contributed by atoms with van der Waals surface area (Å²) in [5, 5.41) is 32.6. The first-order valence-corrected chi connectivity index (χ1v) is 10.9. The fraction of sp³-hybridized carbons (Fsp3) is 0.368. The van der Waals surface area contributed by atoms with E-state index < -0.39 is 40.5 Å². The molecule has 29 heavy (non-hydrogen) atoms. The molecule has 1 saturated heterocycles. The van der Waals surface area contributed by atoms with Crippen molar-refractivity contribution in [2.45, 2.75) is 42.5 Å². The van der Waals surface area contributed by atoms with Gasteiger partial charge in [-0.25, -0.2) is 18.4 Å². The van der Waals surface area contributed by atoms with Crippen LogP contribution >= 0.6 is 0 Å². The smallest absolute Gasteiger partial charge is 0.175 e. The van der Waals surface area contributed by atoms with Gasteiger partial charge in [0.15, 0.2) is 16.1 Å². The molecule has 1 aliphatic heterocycles. The van der Waals surface area contributed by atoms with E-state index in [1.807, 2.05) is 6.92 Å². The third-order valence-corrected chi connectivity index (χ3v) is 6.31. The van der Waals surface area contributed by atoms with Gasteiger partial charge in [-0.05, 0) is 30.7 Å². The lowest BCUT2D eigenvalue weighted by atomic mass is 9.99. The van der Waals surface area contributed by atoms with E-state index in [0.717, 1.165) is 17.3 Å². The van der Waals surface area contributed by atoms with Gasteiger partial charge in [-0.15, -0.1) is 0 Å². The summed E-state index contributed by atoms with van der Waals surface area (Å²) in [7, 11) is -3.46. The summed E-state index contributed by atoms with van der Waals surface area (Å²) in [6.45, 7) is 1.83. The summed E-state index contributed by atoms with van der Waals surface area (Å²) in [5.74, 6) is 0. The molecule has 10 heteroatoms. The van der Waals surface area contributed by atoms with Crippen LogP contribution in [0.4, 0.5) is 0 Å². The molecule has 0 bridgehead atoms. The van der Waals surface area contributed by atoms with Crippen LogP contribution in [-0.4, -0.2) is 62.8 Å². The number of aliphatic hydroxyl groups is 3. The molecule has 0 aliphatic carbocycles. The Labute approximate surface area is 167 Å². The molecule has 9 nitrogen and oxygen atoms in total. The average molecular weight is 419 g/mol. The van der Waals surface area contributed by atoms with E-state index in [-0.39, 0.29) is 10.5 Å². The van der Waals surface area contributed by atoms with Crippen molar-refractivity contribution >= 4 is 20.9 Å². The van der Waals surface area contributed by atoms with Crippen molar-refractivity contribution in [3.63, 3.8) is 0 Å². The van der Waals surface area contributed by atoms with Gasteiger partial charge in [-0.3, -0.25) is 0 Å². The summed E-state index contributed by atoms with van der Waals surface area (Å²) in [6, 6.07) is 7.58. The molecular formula is C19H21N3O6S. The number of hydrogen-bond donors (Lipinski definition) is 3. The Morgan fingerprint density at radius 2 is 1.93 bits per heavy atom. The Kier molecular flexibility index (Phi) is 4.91. The second-order valence-electron chi connectivity index (χ2n) is 7.18. The van der Waals surface area contributed by atoms with E-state index in [0.29, 0.717) is 5.65 Å². The van der Waals surface area contributed by atoms with Crippen LogP contribution in [0, 0.1) is 6.92 Å². The first kappa shape index (κ1) is 19.9. The normalized spacial score (nSPS) is 26.1. The maximum Gasteiger partial charge on any atom is 0.175 e. The number of sulfone groups is 1. The summed E-state index contributed by atoms with van der Waals surface area (Å²) >= 11 is 0. The van der Waals surface area contributed by atoms with Gasteiger partial charge in [-0.2, -0.15) is 0 Å². The van der Waals surface area contributed by atoms with Crippen LogP contribution in [0.2, 0.25) is 0 Å². The van der Waals surface area contributed by atoms with Crippen molar-refractivity contribution in [1.29, 1.82) is 0 Å². The number of aromatic nitrogens is 3. The first-order chi connectivity index (χ1) is 13.7. The number of fused-ring (bicyclic) bond motifs is 1. The van der Waals surface area contributed by atoms with Crippen molar-refractivity contribution in [1.82, 2.24) is 14.5 Å². The van der Waals surface area contributed by atoms with Gasteiger partial charge in [0, 0.05) is 17.8 Å². The maximum atomic E-state index is 11.8. The lowest BCUT2D eigenvalue weighted by Gasteiger charge is -2.22. The number of ether oxygens (including phenoxy) is 1. The van der Waals surface area contributed by atoms with Crippen molar-refractivity contribution in [3.05, 3.63) is 54.1 Å². The van der Waals surface area contributed by atoms with Crippen LogP contribution in [0.15, 0.2) is 47.8 Å². The number of rotatable bonds is 4. The predicted molar refractivity (Wildman–Crippen MR) is 103 cm³/mol. The zero-order valence-corrected chi connectivity index (χ0v) is 16.6. The minimum absolute atomic E-state index is 0.0437. The Morgan fingerprint density at radius 1 is 1.17 bits per heavy atom.